The molecule has 1 aliphatic rings. The molecule has 0 unspecified atom stereocenters. The second kappa shape index (κ2) is 6.89. The zero-order valence-corrected chi connectivity index (χ0v) is 13.6. The van der Waals surface area contributed by atoms with Crippen LogP contribution in [-0.4, -0.2) is 0 Å². The van der Waals surface area contributed by atoms with Crippen molar-refractivity contribution in [2.24, 2.45) is 22.7 Å². The summed E-state index contributed by atoms with van der Waals surface area (Å²) in [5.74, 6) is 14.0. The van der Waals surface area contributed by atoms with E-state index in [-0.39, 0.29) is 10.8 Å². The fourth-order valence-corrected chi connectivity index (χ4v) is 0.907. The third kappa shape index (κ3) is 15.1. The van der Waals surface area contributed by atoms with Crippen LogP contribution >= 0.6 is 0 Å². The van der Waals surface area contributed by atoms with Crippen LogP contribution in [0.2, 0.25) is 0 Å². The Morgan fingerprint density at radius 3 is 1.50 bits per heavy atom. The fourth-order valence-electron chi connectivity index (χ4n) is 0.907. The number of hydrogen-bond donors (Lipinski definition) is 0. The van der Waals surface area contributed by atoms with E-state index in [4.69, 9.17) is 0 Å². The molecule has 0 saturated heterocycles. The molecule has 0 atom stereocenters. The Labute approximate surface area is 115 Å². The average Bonchev–Trinajstić information content (AvgIpc) is 2.94. The molecule has 0 radical (unpaired) electrons. The summed E-state index contributed by atoms with van der Waals surface area (Å²) >= 11 is 0. The summed E-state index contributed by atoms with van der Waals surface area (Å²) < 4.78 is 0. The third-order valence-electron chi connectivity index (χ3n) is 1.96. The van der Waals surface area contributed by atoms with E-state index in [0.717, 1.165) is 5.92 Å². The van der Waals surface area contributed by atoms with E-state index in [0.29, 0.717) is 5.92 Å². The molecule has 0 heteroatoms. The van der Waals surface area contributed by atoms with Crippen molar-refractivity contribution in [3.63, 3.8) is 0 Å². The van der Waals surface area contributed by atoms with Gasteiger partial charge >= 0.3 is 0 Å². The fraction of sp³-hybridized carbons (Fsp3) is 0.778. The third-order valence-corrected chi connectivity index (χ3v) is 1.96. The zero-order chi connectivity index (χ0) is 14.4. The van der Waals surface area contributed by atoms with Crippen LogP contribution in [-0.2, 0) is 0 Å². The van der Waals surface area contributed by atoms with Gasteiger partial charge in [-0.2, -0.15) is 0 Å². The summed E-state index contributed by atoms with van der Waals surface area (Å²) in [5.41, 5.74) is 0.382. The molecule has 0 nitrogen and oxygen atoms in total. The largest absolute Gasteiger partial charge is 0.0999 e. The van der Waals surface area contributed by atoms with Gasteiger partial charge in [-0.1, -0.05) is 37.5 Å². The molecule has 1 saturated carbocycles. The van der Waals surface area contributed by atoms with Gasteiger partial charge in [0.25, 0.3) is 0 Å². The Hall–Kier alpha value is -0.880. The predicted octanol–water partition coefficient (Wildman–Crippen LogP) is 5.14. The van der Waals surface area contributed by atoms with Gasteiger partial charge in [0.15, 0.2) is 0 Å². The van der Waals surface area contributed by atoms with E-state index in [1.807, 2.05) is 0 Å². The Bertz CT molecular complexity index is 315. The van der Waals surface area contributed by atoms with E-state index in [1.54, 1.807) is 0 Å². The van der Waals surface area contributed by atoms with E-state index < -0.39 is 0 Å². The summed E-state index contributed by atoms with van der Waals surface area (Å²) in [5, 5.41) is 0. The smallest absolute Gasteiger partial charge is 0.0230 e. The second-order valence-corrected chi connectivity index (χ2v) is 7.47. The lowest BCUT2D eigenvalue weighted by molar-refractivity contribution is 0.568. The van der Waals surface area contributed by atoms with Crippen LogP contribution in [0.1, 0.15) is 68.2 Å². The molecule has 0 spiro atoms. The highest BCUT2D eigenvalue weighted by Crippen LogP contribution is 2.28. The van der Waals surface area contributed by atoms with Crippen molar-refractivity contribution in [2.45, 2.75) is 68.2 Å². The normalized spacial score (nSPS) is 14.7. The zero-order valence-electron chi connectivity index (χ0n) is 13.6. The molecule has 0 N–H and O–H groups in total. The second-order valence-electron chi connectivity index (χ2n) is 7.47. The first-order valence-electron chi connectivity index (χ1n) is 7.05. The lowest BCUT2D eigenvalue weighted by atomic mass is 9.97. The van der Waals surface area contributed by atoms with Crippen LogP contribution in [0.5, 0.6) is 0 Å². The van der Waals surface area contributed by atoms with E-state index in [1.165, 1.54) is 12.8 Å². The molecule has 0 amide bonds. The van der Waals surface area contributed by atoms with Crippen LogP contribution in [0.4, 0.5) is 0 Å². The maximum Gasteiger partial charge on any atom is 0.0230 e. The average molecular weight is 246 g/mol. The molecular weight excluding hydrogens is 216 g/mol. The van der Waals surface area contributed by atoms with Gasteiger partial charge in [0, 0.05) is 22.7 Å². The minimum Gasteiger partial charge on any atom is -0.0999 e. The van der Waals surface area contributed by atoms with Gasteiger partial charge in [-0.15, -0.1) is 0 Å². The summed E-state index contributed by atoms with van der Waals surface area (Å²) in [4.78, 5) is 0. The summed E-state index contributed by atoms with van der Waals surface area (Å²) in [7, 11) is 0. The highest BCUT2D eigenvalue weighted by atomic mass is 14.2. The van der Waals surface area contributed by atoms with Crippen LogP contribution in [0, 0.1) is 46.3 Å². The molecule has 1 rings (SSSR count). The summed E-state index contributed by atoms with van der Waals surface area (Å²) in [6.07, 6.45) is 2.67. The Morgan fingerprint density at radius 1 is 0.833 bits per heavy atom. The van der Waals surface area contributed by atoms with Crippen molar-refractivity contribution >= 4 is 0 Å². The van der Waals surface area contributed by atoms with Gasteiger partial charge in [0.1, 0.15) is 0 Å². The quantitative estimate of drug-likeness (QED) is 0.519. The maximum atomic E-state index is 3.25. The number of rotatable bonds is 0. The standard InChI is InChI=1S/C9H14.C9H16/c1-9(2,3)7-6-8-4-5-8;1-8(2)6-7-9(3,4)5/h8H,4-5H2,1-3H3;8H,1-5H3. The molecule has 0 heterocycles. The van der Waals surface area contributed by atoms with Crippen molar-refractivity contribution < 1.29 is 0 Å². The minimum absolute atomic E-state index is 0.171. The van der Waals surface area contributed by atoms with Crippen LogP contribution in [0.15, 0.2) is 0 Å². The van der Waals surface area contributed by atoms with E-state index >= 15 is 0 Å². The van der Waals surface area contributed by atoms with Gasteiger partial charge < -0.3 is 0 Å². The molecule has 0 aromatic rings. The lowest BCUT2D eigenvalue weighted by Gasteiger charge is -2.07. The minimum atomic E-state index is 0.171. The van der Waals surface area contributed by atoms with Crippen LogP contribution < -0.4 is 0 Å². The molecular formula is C18H30. The molecule has 0 aromatic heterocycles. The Kier molecular flexibility index (Phi) is 6.56. The summed E-state index contributed by atoms with van der Waals surface area (Å²) in [6.45, 7) is 17.1. The molecule has 1 fully saturated rings. The Morgan fingerprint density at radius 2 is 1.28 bits per heavy atom. The molecule has 0 bridgehead atoms. The first kappa shape index (κ1) is 17.1. The van der Waals surface area contributed by atoms with E-state index in [2.05, 4.69) is 79.1 Å². The molecule has 102 valence electrons. The SMILES string of the molecule is CC(C)(C)C#CC1CC1.CC(C)C#CC(C)(C)C. The highest BCUT2D eigenvalue weighted by molar-refractivity contribution is 5.13. The molecule has 18 heavy (non-hydrogen) atoms. The van der Waals surface area contributed by atoms with Crippen molar-refractivity contribution in [3.05, 3.63) is 0 Å². The maximum absolute atomic E-state index is 3.25. The first-order valence-corrected chi connectivity index (χ1v) is 7.05. The van der Waals surface area contributed by atoms with Crippen LogP contribution in [0.25, 0.3) is 0 Å². The van der Waals surface area contributed by atoms with Crippen molar-refractivity contribution in [1.29, 1.82) is 0 Å². The highest BCUT2D eigenvalue weighted by Gasteiger charge is 2.18. The van der Waals surface area contributed by atoms with Gasteiger partial charge in [0.2, 0.25) is 0 Å². The monoisotopic (exact) mass is 246 g/mol. The van der Waals surface area contributed by atoms with Crippen molar-refractivity contribution in [2.75, 3.05) is 0 Å². The van der Waals surface area contributed by atoms with Crippen LogP contribution in [0.3, 0.4) is 0 Å². The van der Waals surface area contributed by atoms with Gasteiger partial charge in [-0.3, -0.25) is 0 Å². The van der Waals surface area contributed by atoms with Crippen molar-refractivity contribution in [3.8, 4) is 23.7 Å². The lowest BCUT2D eigenvalue weighted by Crippen LogP contribution is -1.99. The van der Waals surface area contributed by atoms with Crippen molar-refractivity contribution in [1.82, 2.24) is 0 Å². The first-order chi connectivity index (χ1) is 7.99. The number of hydrogen-bond acceptors (Lipinski definition) is 0. The predicted molar refractivity (Wildman–Crippen MR) is 82.0 cm³/mol. The van der Waals surface area contributed by atoms with Gasteiger partial charge in [-0.05, 0) is 54.4 Å². The van der Waals surface area contributed by atoms with Gasteiger partial charge in [0.05, 0.1) is 0 Å². The van der Waals surface area contributed by atoms with E-state index in [9.17, 15) is 0 Å². The molecule has 1 aliphatic carbocycles. The molecule has 0 aromatic carbocycles. The Balaban J connectivity index is 0.000000321. The topological polar surface area (TPSA) is 0 Å². The summed E-state index contributed by atoms with van der Waals surface area (Å²) in [6, 6.07) is 0. The molecule has 0 aliphatic heterocycles. The van der Waals surface area contributed by atoms with Gasteiger partial charge in [-0.25, -0.2) is 0 Å².